The Kier molecular flexibility index (Phi) is 5.08. The minimum atomic E-state index is -0.551. The van der Waals surface area contributed by atoms with E-state index in [1.54, 1.807) is 7.05 Å². The van der Waals surface area contributed by atoms with Gasteiger partial charge in [0.25, 0.3) is 0 Å². The van der Waals surface area contributed by atoms with Gasteiger partial charge in [-0.25, -0.2) is 4.98 Å². The van der Waals surface area contributed by atoms with Crippen molar-refractivity contribution in [2.75, 3.05) is 20.2 Å². The smallest absolute Gasteiger partial charge is 0.131 e. The summed E-state index contributed by atoms with van der Waals surface area (Å²) in [4.78, 5) is 4.74. The van der Waals surface area contributed by atoms with E-state index in [-0.39, 0.29) is 6.61 Å². The van der Waals surface area contributed by atoms with Crippen LogP contribution in [0.3, 0.4) is 0 Å². The Balaban J connectivity index is 1.98. The number of aryl methyl sites for hydroxylation is 1. The van der Waals surface area contributed by atoms with Gasteiger partial charge >= 0.3 is 0 Å². The lowest BCUT2D eigenvalue weighted by Gasteiger charge is -2.14. The number of nitrogens with one attached hydrogen (secondary N) is 1. The molecule has 1 aromatic heterocycles. The topological polar surface area (TPSA) is 54.4 Å². The van der Waals surface area contributed by atoms with Crippen LogP contribution in [0.15, 0.2) is 54.6 Å². The third-order valence-corrected chi connectivity index (χ3v) is 3.90. The molecule has 0 radical (unpaired) electrons. The van der Waals surface area contributed by atoms with E-state index >= 15 is 0 Å². The van der Waals surface area contributed by atoms with Crippen molar-refractivity contribution >= 4 is 10.9 Å². The average molecular weight is 322 g/mol. The molecule has 1 unspecified atom stereocenters. The number of rotatable bonds is 6. The maximum Gasteiger partial charge on any atom is 0.131 e. The molecule has 3 rings (SSSR count). The predicted octanol–water partition coefficient (Wildman–Crippen LogP) is 3.17. The van der Waals surface area contributed by atoms with Crippen LogP contribution >= 0.6 is 0 Å². The summed E-state index contributed by atoms with van der Waals surface area (Å²) >= 11 is 0. The third kappa shape index (κ3) is 3.72. The Morgan fingerprint density at radius 1 is 1.12 bits per heavy atom. The van der Waals surface area contributed by atoms with E-state index in [0.717, 1.165) is 27.9 Å². The zero-order valence-corrected chi connectivity index (χ0v) is 14.0. The summed E-state index contributed by atoms with van der Waals surface area (Å²) in [5.41, 5.74) is 4.01. The van der Waals surface area contributed by atoms with E-state index in [1.807, 2.05) is 30.3 Å². The summed E-state index contributed by atoms with van der Waals surface area (Å²) in [6.45, 7) is 2.80. The standard InChI is InChI=1S/C20H22N2O2/c1-14-7-9-15(10-8-14)19-11-20(24-13-16(23)12-21-2)17-5-3-4-6-18(17)22-19/h3-11,16,21,23H,12-13H2,1-2H3. The second-order valence-electron chi connectivity index (χ2n) is 5.91. The molecule has 4 heteroatoms. The first-order valence-corrected chi connectivity index (χ1v) is 8.09. The maximum atomic E-state index is 9.90. The number of aliphatic hydroxyl groups excluding tert-OH is 1. The van der Waals surface area contributed by atoms with Gasteiger partial charge in [0.05, 0.1) is 11.2 Å². The van der Waals surface area contributed by atoms with Gasteiger partial charge in [-0.1, -0.05) is 42.0 Å². The quantitative estimate of drug-likeness (QED) is 0.732. The molecule has 0 fully saturated rings. The molecule has 2 aromatic carbocycles. The van der Waals surface area contributed by atoms with Crippen LogP contribution < -0.4 is 10.1 Å². The molecule has 0 saturated carbocycles. The number of ether oxygens (including phenoxy) is 1. The van der Waals surface area contributed by atoms with Crippen LogP contribution in [0, 0.1) is 6.92 Å². The second kappa shape index (κ2) is 7.43. The molecule has 0 saturated heterocycles. The lowest BCUT2D eigenvalue weighted by Crippen LogP contribution is -2.29. The Morgan fingerprint density at radius 2 is 1.88 bits per heavy atom. The normalized spacial score (nSPS) is 12.3. The molecule has 4 nitrogen and oxygen atoms in total. The van der Waals surface area contributed by atoms with Crippen molar-refractivity contribution in [3.63, 3.8) is 0 Å². The fourth-order valence-electron chi connectivity index (χ4n) is 2.62. The fraction of sp³-hybridized carbons (Fsp3) is 0.250. The van der Waals surface area contributed by atoms with E-state index in [9.17, 15) is 5.11 Å². The molecule has 24 heavy (non-hydrogen) atoms. The molecular formula is C20H22N2O2. The highest BCUT2D eigenvalue weighted by Crippen LogP contribution is 2.30. The molecule has 0 spiro atoms. The average Bonchev–Trinajstić information content (AvgIpc) is 2.60. The van der Waals surface area contributed by atoms with Gasteiger partial charge in [-0.3, -0.25) is 0 Å². The SMILES string of the molecule is CNCC(O)COc1cc(-c2ccc(C)cc2)nc2ccccc12. The van der Waals surface area contributed by atoms with Gasteiger partial charge in [0.2, 0.25) is 0 Å². The van der Waals surface area contributed by atoms with Crippen molar-refractivity contribution in [2.45, 2.75) is 13.0 Å². The number of fused-ring (bicyclic) bond motifs is 1. The number of para-hydroxylation sites is 1. The van der Waals surface area contributed by atoms with Gasteiger partial charge < -0.3 is 15.2 Å². The van der Waals surface area contributed by atoms with E-state index in [1.165, 1.54) is 5.56 Å². The van der Waals surface area contributed by atoms with Gasteiger partial charge in [0.1, 0.15) is 18.5 Å². The fourth-order valence-corrected chi connectivity index (χ4v) is 2.62. The minimum absolute atomic E-state index is 0.238. The van der Waals surface area contributed by atoms with Crippen molar-refractivity contribution < 1.29 is 9.84 Å². The summed E-state index contributed by atoms with van der Waals surface area (Å²) in [5.74, 6) is 0.742. The highest BCUT2D eigenvalue weighted by atomic mass is 16.5. The van der Waals surface area contributed by atoms with Crippen LogP contribution in [0.2, 0.25) is 0 Å². The minimum Gasteiger partial charge on any atom is -0.490 e. The zero-order valence-electron chi connectivity index (χ0n) is 14.0. The second-order valence-corrected chi connectivity index (χ2v) is 5.91. The van der Waals surface area contributed by atoms with Crippen LogP contribution in [0.4, 0.5) is 0 Å². The van der Waals surface area contributed by atoms with Crippen molar-refractivity contribution in [1.29, 1.82) is 0 Å². The molecule has 0 aliphatic rings. The van der Waals surface area contributed by atoms with Crippen LogP contribution in [0.1, 0.15) is 5.56 Å². The summed E-state index contributed by atoms with van der Waals surface area (Å²) in [6, 6.07) is 18.1. The van der Waals surface area contributed by atoms with Crippen LogP contribution in [0.25, 0.3) is 22.2 Å². The highest BCUT2D eigenvalue weighted by molar-refractivity contribution is 5.87. The van der Waals surface area contributed by atoms with Crippen LogP contribution in [-0.2, 0) is 0 Å². The van der Waals surface area contributed by atoms with Crippen molar-refractivity contribution in [3.05, 3.63) is 60.2 Å². The van der Waals surface area contributed by atoms with Crippen molar-refractivity contribution in [2.24, 2.45) is 0 Å². The number of hydrogen-bond acceptors (Lipinski definition) is 4. The van der Waals surface area contributed by atoms with Gasteiger partial charge in [-0.2, -0.15) is 0 Å². The first kappa shape index (κ1) is 16.4. The zero-order chi connectivity index (χ0) is 16.9. The Hall–Kier alpha value is -2.43. The van der Waals surface area contributed by atoms with E-state index in [4.69, 9.17) is 9.72 Å². The Bertz CT molecular complexity index is 815. The van der Waals surface area contributed by atoms with Gasteiger partial charge in [0, 0.05) is 23.6 Å². The lowest BCUT2D eigenvalue weighted by molar-refractivity contribution is 0.109. The monoisotopic (exact) mass is 322 g/mol. The first-order valence-electron chi connectivity index (χ1n) is 8.09. The highest BCUT2D eigenvalue weighted by Gasteiger charge is 2.10. The van der Waals surface area contributed by atoms with Crippen molar-refractivity contribution in [3.8, 4) is 17.0 Å². The molecule has 1 atom stereocenters. The third-order valence-electron chi connectivity index (χ3n) is 3.90. The molecule has 0 aliphatic heterocycles. The molecule has 124 valence electrons. The number of benzene rings is 2. The lowest BCUT2D eigenvalue weighted by atomic mass is 10.1. The molecule has 0 bridgehead atoms. The van der Waals surface area contributed by atoms with Crippen LogP contribution in [0.5, 0.6) is 5.75 Å². The molecular weight excluding hydrogens is 300 g/mol. The number of aromatic nitrogens is 1. The Morgan fingerprint density at radius 3 is 2.62 bits per heavy atom. The molecule has 2 N–H and O–H groups in total. The van der Waals surface area contributed by atoms with E-state index in [0.29, 0.717) is 6.54 Å². The summed E-state index contributed by atoms with van der Waals surface area (Å²) in [5, 5.41) is 13.8. The number of nitrogens with zero attached hydrogens (tertiary/aromatic N) is 1. The molecule has 0 aliphatic carbocycles. The number of hydrogen-bond donors (Lipinski definition) is 2. The van der Waals surface area contributed by atoms with Gasteiger partial charge in [-0.05, 0) is 26.1 Å². The van der Waals surface area contributed by atoms with Crippen LogP contribution in [-0.4, -0.2) is 36.4 Å². The molecule has 0 amide bonds. The van der Waals surface area contributed by atoms with E-state index in [2.05, 4.69) is 36.5 Å². The predicted molar refractivity (Wildman–Crippen MR) is 97.3 cm³/mol. The van der Waals surface area contributed by atoms with Crippen molar-refractivity contribution in [1.82, 2.24) is 10.3 Å². The summed E-state index contributed by atoms with van der Waals surface area (Å²) in [6.07, 6.45) is -0.551. The summed E-state index contributed by atoms with van der Waals surface area (Å²) < 4.78 is 5.89. The molecule has 3 aromatic rings. The number of pyridine rings is 1. The van der Waals surface area contributed by atoms with Gasteiger partial charge in [-0.15, -0.1) is 0 Å². The largest absolute Gasteiger partial charge is 0.490 e. The first-order chi connectivity index (χ1) is 11.7. The van der Waals surface area contributed by atoms with E-state index < -0.39 is 6.10 Å². The number of likely N-dealkylation sites (N-methyl/N-ethyl adjacent to an activating group) is 1. The molecule has 1 heterocycles. The summed E-state index contributed by atoms with van der Waals surface area (Å²) in [7, 11) is 1.81. The number of aliphatic hydroxyl groups is 1. The maximum absolute atomic E-state index is 9.90. The Labute approximate surface area is 142 Å². The van der Waals surface area contributed by atoms with Gasteiger partial charge in [0.15, 0.2) is 0 Å².